The molecule has 1 aliphatic heterocycles. The predicted octanol–water partition coefficient (Wildman–Crippen LogP) is 1.80. The molecule has 0 bridgehead atoms. The molecule has 1 unspecified atom stereocenters. The van der Waals surface area contributed by atoms with Crippen molar-refractivity contribution >= 4 is 45.0 Å². The van der Waals surface area contributed by atoms with Crippen LogP contribution in [0.3, 0.4) is 0 Å². The molecular weight excluding hydrogens is 458 g/mol. The number of carbonyl (C=O) groups excluding carboxylic acids is 3. The largest absolute Gasteiger partial charge is 0.482 e. The zero-order valence-electron chi connectivity index (χ0n) is 18.6. The number of thiophene rings is 1. The lowest BCUT2D eigenvalue weighted by Gasteiger charge is -2.18. The fourth-order valence-corrected chi connectivity index (χ4v) is 5.56. The van der Waals surface area contributed by atoms with Gasteiger partial charge in [0, 0.05) is 17.5 Å². The number of hydrogen-bond donors (Lipinski definition) is 4. The van der Waals surface area contributed by atoms with Crippen LogP contribution in [0.25, 0.3) is 10.2 Å². The number of nitrogens with zero attached hydrogens (tertiary/aromatic N) is 1. The number of hydrogen-bond acceptors (Lipinski definition) is 7. The Morgan fingerprint density at radius 2 is 2.12 bits per heavy atom. The highest BCUT2D eigenvalue weighted by Crippen LogP contribution is 2.42. The Bertz CT molecular complexity index is 1390. The molecule has 3 amide bonds. The van der Waals surface area contributed by atoms with Gasteiger partial charge in [-0.25, -0.2) is 4.98 Å². The summed E-state index contributed by atoms with van der Waals surface area (Å²) in [4.78, 5) is 58.2. The van der Waals surface area contributed by atoms with Gasteiger partial charge in [-0.3, -0.25) is 19.2 Å². The first-order valence-corrected chi connectivity index (χ1v) is 11.8. The van der Waals surface area contributed by atoms with Gasteiger partial charge in [0.05, 0.1) is 17.0 Å². The Hall–Kier alpha value is -3.73. The third kappa shape index (κ3) is 4.03. The van der Waals surface area contributed by atoms with Crippen molar-refractivity contribution in [3.8, 4) is 5.75 Å². The van der Waals surface area contributed by atoms with Gasteiger partial charge in [-0.15, -0.1) is 11.3 Å². The van der Waals surface area contributed by atoms with Crippen molar-refractivity contribution in [1.82, 2.24) is 20.6 Å². The number of nitrogens with one attached hydrogen (secondary N) is 4. The van der Waals surface area contributed by atoms with E-state index in [0.717, 1.165) is 16.0 Å². The number of ether oxygens (including phenoxy) is 1. The van der Waals surface area contributed by atoms with Gasteiger partial charge < -0.3 is 25.7 Å². The summed E-state index contributed by atoms with van der Waals surface area (Å²) in [6.07, 6.45) is 1.36. The lowest BCUT2D eigenvalue weighted by Crippen LogP contribution is -2.34. The topological polar surface area (TPSA) is 142 Å². The predicted molar refractivity (Wildman–Crippen MR) is 126 cm³/mol. The summed E-state index contributed by atoms with van der Waals surface area (Å²) >= 11 is 1.36. The highest BCUT2D eigenvalue weighted by molar-refractivity contribution is 7.18. The van der Waals surface area contributed by atoms with Gasteiger partial charge in [-0.1, -0.05) is 6.07 Å². The number of aromatic nitrogens is 2. The van der Waals surface area contributed by atoms with E-state index in [2.05, 4.69) is 25.9 Å². The molecular formula is C23H23N5O5S. The van der Waals surface area contributed by atoms with Gasteiger partial charge in [0.15, 0.2) is 6.61 Å². The molecule has 4 N–H and O–H groups in total. The summed E-state index contributed by atoms with van der Waals surface area (Å²) in [6, 6.07) is 5.23. The maximum atomic E-state index is 12.9. The van der Waals surface area contributed by atoms with E-state index < -0.39 is 11.5 Å². The molecule has 0 radical (unpaired) electrons. The van der Waals surface area contributed by atoms with E-state index >= 15 is 0 Å². The van der Waals surface area contributed by atoms with E-state index in [0.29, 0.717) is 34.5 Å². The van der Waals surface area contributed by atoms with Crippen molar-refractivity contribution in [3.63, 3.8) is 0 Å². The molecule has 5 rings (SSSR count). The van der Waals surface area contributed by atoms with Crippen molar-refractivity contribution in [2.75, 3.05) is 11.9 Å². The maximum Gasteiger partial charge on any atom is 0.287 e. The van der Waals surface area contributed by atoms with E-state index in [1.807, 2.05) is 13.8 Å². The molecule has 0 spiro atoms. The molecule has 0 fully saturated rings. The molecule has 3 aromatic rings. The molecule has 1 aromatic carbocycles. The minimum Gasteiger partial charge on any atom is -0.482 e. The van der Waals surface area contributed by atoms with Crippen molar-refractivity contribution in [3.05, 3.63) is 50.4 Å². The first-order chi connectivity index (χ1) is 16.3. The first kappa shape index (κ1) is 22.1. The molecule has 10 nitrogen and oxygen atoms in total. The Balaban J connectivity index is 1.36. The zero-order chi connectivity index (χ0) is 24.0. The minimum atomic E-state index is -0.528. The fraction of sp³-hybridized carbons (Fsp3) is 0.348. The molecule has 0 saturated carbocycles. The number of aryl methyl sites for hydroxylation is 1. The second-order valence-corrected chi connectivity index (χ2v) is 9.72. The normalized spacial score (nSPS) is 16.6. The Morgan fingerprint density at radius 3 is 2.91 bits per heavy atom. The lowest BCUT2D eigenvalue weighted by atomic mass is 10.00. The Morgan fingerprint density at radius 1 is 1.29 bits per heavy atom. The van der Waals surface area contributed by atoms with Crippen LogP contribution in [0.1, 0.15) is 52.8 Å². The van der Waals surface area contributed by atoms with Gasteiger partial charge in [-0.05, 0) is 49.9 Å². The summed E-state index contributed by atoms with van der Waals surface area (Å²) in [5.74, 6) is -0.772. The van der Waals surface area contributed by atoms with E-state index in [1.54, 1.807) is 18.2 Å². The monoisotopic (exact) mass is 481 g/mol. The van der Waals surface area contributed by atoms with Crippen molar-refractivity contribution < 1.29 is 19.1 Å². The van der Waals surface area contributed by atoms with Crippen LogP contribution in [0.5, 0.6) is 5.75 Å². The highest BCUT2D eigenvalue weighted by atomic mass is 32.1. The number of carbonyl (C=O) groups is 3. The Kier molecular flexibility index (Phi) is 5.56. The van der Waals surface area contributed by atoms with E-state index in [4.69, 9.17) is 4.74 Å². The third-order valence-corrected chi connectivity index (χ3v) is 6.94. The highest BCUT2D eigenvalue weighted by Gasteiger charge is 2.34. The third-order valence-electron chi connectivity index (χ3n) is 5.78. The quantitative estimate of drug-likeness (QED) is 0.438. The molecule has 1 atom stereocenters. The van der Waals surface area contributed by atoms with Crippen molar-refractivity contribution in [2.24, 2.45) is 0 Å². The summed E-state index contributed by atoms with van der Waals surface area (Å²) in [5, 5.41) is 8.78. The number of aromatic amines is 1. The Labute approximate surface area is 198 Å². The molecule has 0 saturated heterocycles. The second-order valence-electron chi connectivity index (χ2n) is 8.64. The standard InChI is InChI=1S/C23H23N5O5S/c1-10(2)25-20(30)12-4-6-15-17(12)18-21(31)27-19(28-23(18)34-15)22(32)24-8-11-3-5-14-13(7-11)26-16(29)9-33-14/h3,5,7,10,12H,4,6,8-9H2,1-2H3,(H,24,32)(H,25,30)(H,26,29)(H,27,28,31). The smallest absolute Gasteiger partial charge is 0.287 e. The molecule has 2 aliphatic rings. The van der Waals surface area contributed by atoms with Crippen molar-refractivity contribution in [1.29, 1.82) is 0 Å². The van der Waals surface area contributed by atoms with Gasteiger partial charge in [0.25, 0.3) is 17.4 Å². The number of benzene rings is 1. The average molecular weight is 482 g/mol. The van der Waals surface area contributed by atoms with E-state index in [9.17, 15) is 19.2 Å². The summed E-state index contributed by atoms with van der Waals surface area (Å²) < 4.78 is 5.33. The zero-order valence-corrected chi connectivity index (χ0v) is 19.4. The van der Waals surface area contributed by atoms with Gasteiger partial charge >= 0.3 is 0 Å². The van der Waals surface area contributed by atoms with Crippen LogP contribution in [0.15, 0.2) is 23.0 Å². The summed E-state index contributed by atoms with van der Waals surface area (Å²) in [6.45, 7) is 3.93. The number of fused-ring (bicyclic) bond motifs is 4. The number of anilines is 1. The van der Waals surface area contributed by atoms with Crippen molar-refractivity contribution in [2.45, 2.75) is 45.2 Å². The molecule has 3 heterocycles. The SMILES string of the molecule is CC(C)NC(=O)C1CCc2sc3nc(C(=O)NCc4ccc5c(c4)NC(=O)CO5)[nH]c(=O)c3c21. The second kappa shape index (κ2) is 8.56. The van der Waals surface area contributed by atoms with Crippen LogP contribution < -0.4 is 26.2 Å². The van der Waals surface area contributed by atoms with Gasteiger partial charge in [0.2, 0.25) is 11.7 Å². The fourth-order valence-electron chi connectivity index (χ4n) is 4.31. The maximum absolute atomic E-state index is 12.9. The van der Waals surface area contributed by atoms with Crippen LogP contribution in [0.4, 0.5) is 5.69 Å². The van der Waals surface area contributed by atoms with Crippen LogP contribution in [0, 0.1) is 0 Å². The lowest BCUT2D eigenvalue weighted by molar-refractivity contribution is -0.123. The van der Waals surface area contributed by atoms with E-state index in [-0.39, 0.29) is 42.8 Å². The number of H-pyrrole nitrogens is 1. The number of amides is 3. The minimum absolute atomic E-state index is 0.00655. The summed E-state index contributed by atoms with van der Waals surface area (Å²) in [5.41, 5.74) is 1.60. The van der Waals surface area contributed by atoms with Crippen LogP contribution in [-0.2, 0) is 22.6 Å². The summed E-state index contributed by atoms with van der Waals surface area (Å²) in [7, 11) is 0. The average Bonchev–Trinajstić information content (AvgIpc) is 3.35. The van der Waals surface area contributed by atoms with E-state index in [1.165, 1.54) is 11.3 Å². The van der Waals surface area contributed by atoms with Gasteiger partial charge in [-0.2, -0.15) is 0 Å². The molecule has 34 heavy (non-hydrogen) atoms. The molecule has 1 aliphatic carbocycles. The van der Waals surface area contributed by atoms with Gasteiger partial charge in [0.1, 0.15) is 10.6 Å². The first-order valence-electron chi connectivity index (χ1n) is 11.0. The molecule has 11 heteroatoms. The molecule has 176 valence electrons. The number of rotatable bonds is 5. The molecule has 2 aromatic heterocycles. The van der Waals surface area contributed by atoms with Crippen LogP contribution in [0.2, 0.25) is 0 Å². The van der Waals surface area contributed by atoms with Crippen LogP contribution in [-0.4, -0.2) is 40.3 Å². The van der Waals surface area contributed by atoms with Crippen LogP contribution >= 0.6 is 11.3 Å².